The maximum atomic E-state index is 11.6. The van der Waals surface area contributed by atoms with Crippen molar-refractivity contribution in [2.24, 2.45) is 0 Å². The van der Waals surface area contributed by atoms with E-state index in [-0.39, 0.29) is 12.5 Å². The average Bonchev–Trinajstić information content (AvgIpc) is 3.17. The first-order chi connectivity index (χ1) is 10.3. The summed E-state index contributed by atoms with van der Waals surface area (Å²) in [6, 6.07) is 7.07. The molecule has 0 saturated heterocycles. The molecule has 2 aromatic heterocycles. The third-order valence-corrected chi connectivity index (χ3v) is 3.39. The number of nitrogens with one attached hydrogen (secondary N) is 1. The van der Waals surface area contributed by atoms with Crippen molar-refractivity contribution in [3.63, 3.8) is 0 Å². The van der Waals surface area contributed by atoms with E-state index in [9.17, 15) is 9.59 Å². The van der Waals surface area contributed by atoms with Crippen molar-refractivity contribution < 1.29 is 18.7 Å². The van der Waals surface area contributed by atoms with Gasteiger partial charge in [0, 0.05) is 12.6 Å². The highest BCUT2D eigenvalue weighted by Gasteiger charge is 2.05. The van der Waals surface area contributed by atoms with Gasteiger partial charge >= 0.3 is 5.97 Å². The van der Waals surface area contributed by atoms with E-state index < -0.39 is 5.97 Å². The lowest BCUT2D eigenvalue weighted by molar-refractivity contribution is -0.137. The monoisotopic (exact) mass is 305 g/mol. The summed E-state index contributed by atoms with van der Waals surface area (Å²) < 4.78 is 10.0. The second-order valence-corrected chi connectivity index (χ2v) is 5.05. The number of carbonyl (C=O) groups is 2. The van der Waals surface area contributed by atoms with Gasteiger partial charge in [-0.25, -0.2) is 4.79 Å². The Morgan fingerprint density at radius 3 is 2.95 bits per heavy atom. The summed E-state index contributed by atoms with van der Waals surface area (Å²) in [6.07, 6.45) is 4.95. The van der Waals surface area contributed by atoms with Crippen molar-refractivity contribution in [1.82, 2.24) is 5.32 Å². The molecular weight excluding hydrogens is 290 g/mol. The lowest BCUT2D eigenvalue weighted by Gasteiger charge is -2.04. The number of hydrogen-bond donors (Lipinski definition) is 1. The van der Waals surface area contributed by atoms with E-state index in [1.807, 2.05) is 11.4 Å². The molecule has 0 unspecified atom stereocenters. The van der Waals surface area contributed by atoms with E-state index in [1.165, 1.54) is 23.7 Å². The number of thiophene rings is 1. The Balaban J connectivity index is 1.57. The Morgan fingerprint density at radius 1 is 1.33 bits per heavy atom. The zero-order valence-corrected chi connectivity index (χ0v) is 12.1. The van der Waals surface area contributed by atoms with Crippen LogP contribution in [0.2, 0.25) is 0 Å². The molecule has 21 heavy (non-hydrogen) atoms. The molecule has 0 aromatic carbocycles. The SMILES string of the molecule is O=C(/C=C/c1ccco1)OCCCNC(=O)c1cccs1. The molecule has 2 rings (SSSR count). The van der Waals surface area contributed by atoms with Crippen LogP contribution in [-0.4, -0.2) is 25.0 Å². The molecule has 2 aromatic rings. The molecule has 0 aliphatic carbocycles. The minimum Gasteiger partial charge on any atom is -0.465 e. The molecule has 0 aliphatic heterocycles. The molecular formula is C15H15NO4S. The second-order valence-electron chi connectivity index (χ2n) is 4.10. The Labute approximate surface area is 126 Å². The molecule has 0 fully saturated rings. The first-order valence-corrected chi connectivity index (χ1v) is 7.34. The van der Waals surface area contributed by atoms with E-state index in [0.717, 1.165) is 0 Å². The molecule has 0 spiro atoms. The Bertz CT molecular complexity index is 587. The molecule has 0 aliphatic rings. The molecule has 1 N–H and O–H groups in total. The summed E-state index contributed by atoms with van der Waals surface area (Å²) in [6.45, 7) is 0.720. The van der Waals surface area contributed by atoms with Crippen LogP contribution >= 0.6 is 11.3 Å². The third-order valence-electron chi connectivity index (χ3n) is 2.52. The van der Waals surface area contributed by atoms with Crippen LogP contribution in [0.4, 0.5) is 0 Å². The maximum Gasteiger partial charge on any atom is 0.330 e. The van der Waals surface area contributed by atoms with Gasteiger partial charge in [0.1, 0.15) is 5.76 Å². The van der Waals surface area contributed by atoms with Gasteiger partial charge < -0.3 is 14.5 Å². The highest BCUT2D eigenvalue weighted by molar-refractivity contribution is 7.12. The quantitative estimate of drug-likeness (QED) is 0.485. The Morgan fingerprint density at radius 2 is 2.24 bits per heavy atom. The summed E-state index contributed by atoms with van der Waals surface area (Å²) in [4.78, 5) is 23.7. The first kappa shape index (κ1) is 15.1. The molecule has 0 saturated carbocycles. The summed E-state index contributed by atoms with van der Waals surface area (Å²) in [7, 11) is 0. The number of amides is 1. The van der Waals surface area contributed by atoms with E-state index in [0.29, 0.717) is 23.6 Å². The minimum atomic E-state index is -0.434. The second kappa shape index (κ2) is 8.06. The fraction of sp³-hybridized carbons (Fsp3) is 0.200. The Kier molecular flexibility index (Phi) is 5.78. The molecule has 110 valence electrons. The molecule has 5 nitrogen and oxygen atoms in total. The zero-order chi connectivity index (χ0) is 14.9. The van der Waals surface area contributed by atoms with E-state index in [1.54, 1.807) is 24.3 Å². The summed E-state index contributed by atoms with van der Waals surface area (Å²) in [5.74, 6) is 0.0557. The lowest BCUT2D eigenvalue weighted by atomic mass is 10.4. The summed E-state index contributed by atoms with van der Waals surface area (Å²) in [5, 5.41) is 4.61. The van der Waals surface area contributed by atoms with Crippen molar-refractivity contribution in [3.05, 3.63) is 52.6 Å². The molecule has 2 heterocycles. The zero-order valence-electron chi connectivity index (χ0n) is 11.3. The van der Waals surface area contributed by atoms with Gasteiger partial charge in [0.15, 0.2) is 0 Å². The number of carbonyl (C=O) groups excluding carboxylic acids is 2. The third kappa shape index (κ3) is 5.27. The van der Waals surface area contributed by atoms with Gasteiger partial charge in [-0.15, -0.1) is 11.3 Å². The van der Waals surface area contributed by atoms with Crippen molar-refractivity contribution >= 4 is 29.3 Å². The fourth-order valence-electron chi connectivity index (χ4n) is 1.53. The lowest BCUT2D eigenvalue weighted by Crippen LogP contribution is -2.24. The summed E-state index contributed by atoms with van der Waals surface area (Å²) in [5.41, 5.74) is 0. The maximum absolute atomic E-state index is 11.6. The van der Waals surface area contributed by atoms with Crippen LogP contribution in [0.25, 0.3) is 6.08 Å². The number of rotatable bonds is 7. The molecule has 0 atom stereocenters. The van der Waals surface area contributed by atoms with Crippen LogP contribution < -0.4 is 5.32 Å². The number of furan rings is 1. The van der Waals surface area contributed by atoms with Gasteiger partial charge in [0.25, 0.3) is 5.91 Å². The van der Waals surface area contributed by atoms with E-state index in [2.05, 4.69) is 5.32 Å². The van der Waals surface area contributed by atoms with Gasteiger partial charge in [-0.2, -0.15) is 0 Å². The molecule has 0 bridgehead atoms. The van der Waals surface area contributed by atoms with Crippen molar-refractivity contribution in [3.8, 4) is 0 Å². The van der Waals surface area contributed by atoms with Gasteiger partial charge in [-0.3, -0.25) is 4.79 Å². The molecule has 1 amide bonds. The van der Waals surface area contributed by atoms with Crippen molar-refractivity contribution in [1.29, 1.82) is 0 Å². The van der Waals surface area contributed by atoms with Crippen molar-refractivity contribution in [2.45, 2.75) is 6.42 Å². The van der Waals surface area contributed by atoms with Crippen LogP contribution in [0.5, 0.6) is 0 Å². The van der Waals surface area contributed by atoms with Gasteiger partial charge in [0.05, 0.1) is 17.7 Å². The fourth-order valence-corrected chi connectivity index (χ4v) is 2.17. The predicted octanol–water partition coefficient (Wildman–Crippen LogP) is 2.72. The normalized spacial score (nSPS) is 10.7. The predicted molar refractivity (Wildman–Crippen MR) is 80.0 cm³/mol. The molecule has 0 radical (unpaired) electrons. The van der Waals surface area contributed by atoms with E-state index in [4.69, 9.17) is 9.15 Å². The minimum absolute atomic E-state index is 0.103. The number of hydrogen-bond acceptors (Lipinski definition) is 5. The van der Waals surface area contributed by atoms with Crippen molar-refractivity contribution in [2.75, 3.05) is 13.2 Å². The number of ether oxygens (including phenoxy) is 1. The van der Waals surface area contributed by atoms with E-state index >= 15 is 0 Å². The van der Waals surface area contributed by atoms with Crippen LogP contribution in [0.1, 0.15) is 21.9 Å². The van der Waals surface area contributed by atoms with Crippen LogP contribution in [0.15, 0.2) is 46.4 Å². The van der Waals surface area contributed by atoms with Crippen LogP contribution in [-0.2, 0) is 9.53 Å². The van der Waals surface area contributed by atoms with Gasteiger partial charge in [-0.1, -0.05) is 6.07 Å². The first-order valence-electron chi connectivity index (χ1n) is 6.46. The van der Waals surface area contributed by atoms with Crippen LogP contribution in [0.3, 0.4) is 0 Å². The topological polar surface area (TPSA) is 68.5 Å². The Hall–Kier alpha value is -2.34. The van der Waals surface area contributed by atoms with Gasteiger partial charge in [0.2, 0.25) is 0 Å². The molecule has 6 heteroatoms. The standard InChI is InChI=1S/C15H15NO4S/c17-14(7-6-12-4-1-9-19-12)20-10-3-8-16-15(18)13-5-2-11-21-13/h1-2,4-7,9,11H,3,8,10H2,(H,16,18)/b7-6+. The smallest absolute Gasteiger partial charge is 0.330 e. The van der Waals surface area contributed by atoms with Crippen LogP contribution in [0, 0.1) is 0 Å². The summed E-state index contributed by atoms with van der Waals surface area (Å²) >= 11 is 1.39. The largest absolute Gasteiger partial charge is 0.465 e. The van der Waals surface area contributed by atoms with Gasteiger partial charge in [-0.05, 0) is 36.1 Å². The highest BCUT2D eigenvalue weighted by atomic mass is 32.1. The highest BCUT2D eigenvalue weighted by Crippen LogP contribution is 2.07. The number of esters is 1. The average molecular weight is 305 g/mol.